The fourth-order valence-corrected chi connectivity index (χ4v) is 1.59. The molecule has 1 heterocycles. The van der Waals surface area contributed by atoms with Gasteiger partial charge >= 0.3 is 0 Å². The number of hydrogen-bond donors (Lipinski definition) is 1. The van der Waals surface area contributed by atoms with Gasteiger partial charge in [-0.25, -0.2) is 0 Å². The van der Waals surface area contributed by atoms with Crippen molar-refractivity contribution < 1.29 is 14.2 Å². The molecule has 2 rings (SSSR count). The summed E-state index contributed by atoms with van der Waals surface area (Å²) in [6, 6.07) is 5.52. The molecule has 1 saturated heterocycles. The minimum absolute atomic E-state index is 0.111. The predicted octanol–water partition coefficient (Wildman–Crippen LogP) is 1.45. The SMILES string of the molecule is COc1cccc(OC2CCOC2)c1N. The molecule has 1 aliphatic heterocycles. The number of benzene rings is 1. The van der Waals surface area contributed by atoms with Crippen LogP contribution in [0.2, 0.25) is 0 Å². The molecule has 1 atom stereocenters. The van der Waals surface area contributed by atoms with Gasteiger partial charge in [0.1, 0.15) is 23.3 Å². The first-order chi connectivity index (χ1) is 7.31. The van der Waals surface area contributed by atoms with E-state index in [-0.39, 0.29) is 6.10 Å². The van der Waals surface area contributed by atoms with E-state index in [1.54, 1.807) is 7.11 Å². The Hall–Kier alpha value is -1.42. The quantitative estimate of drug-likeness (QED) is 0.765. The Morgan fingerprint density at radius 2 is 2.20 bits per heavy atom. The second-order valence-corrected chi connectivity index (χ2v) is 3.48. The molecule has 0 radical (unpaired) electrons. The molecule has 0 aromatic heterocycles. The topological polar surface area (TPSA) is 53.7 Å². The van der Waals surface area contributed by atoms with E-state index in [1.165, 1.54) is 0 Å². The van der Waals surface area contributed by atoms with Gasteiger partial charge in [-0.2, -0.15) is 0 Å². The Balaban J connectivity index is 2.13. The fourth-order valence-electron chi connectivity index (χ4n) is 1.59. The van der Waals surface area contributed by atoms with E-state index in [0.717, 1.165) is 13.0 Å². The van der Waals surface area contributed by atoms with E-state index in [2.05, 4.69) is 0 Å². The van der Waals surface area contributed by atoms with Gasteiger partial charge in [-0.05, 0) is 12.1 Å². The molecule has 1 aromatic carbocycles. The van der Waals surface area contributed by atoms with Crippen molar-refractivity contribution in [3.8, 4) is 11.5 Å². The first-order valence-corrected chi connectivity index (χ1v) is 4.98. The molecule has 0 amide bonds. The highest BCUT2D eigenvalue weighted by molar-refractivity contribution is 5.62. The van der Waals surface area contributed by atoms with E-state index in [9.17, 15) is 0 Å². The lowest BCUT2D eigenvalue weighted by molar-refractivity contribution is 0.141. The summed E-state index contributed by atoms with van der Waals surface area (Å²) in [6.45, 7) is 1.39. The van der Waals surface area contributed by atoms with Crippen LogP contribution in [0.3, 0.4) is 0 Å². The molecule has 82 valence electrons. The van der Waals surface area contributed by atoms with Crippen LogP contribution in [-0.2, 0) is 4.74 Å². The third-order valence-electron chi connectivity index (χ3n) is 2.43. The average Bonchev–Trinajstić information content (AvgIpc) is 2.74. The number of nitrogens with two attached hydrogens (primary N) is 1. The molecule has 1 aliphatic rings. The van der Waals surface area contributed by atoms with Gasteiger partial charge in [-0.1, -0.05) is 6.07 Å². The third-order valence-corrected chi connectivity index (χ3v) is 2.43. The first kappa shape index (κ1) is 10.1. The molecule has 0 saturated carbocycles. The monoisotopic (exact) mass is 209 g/mol. The van der Waals surface area contributed by atoms with Crippen molar-refractivity contribution in [2.24, 2.45) is 0 Å². The van der Waals surface area contributed by atoms with Crippen molar-refractivity contribution in [1.82, 2.24) is 0 Å². The zero-order valence-corrected chi connectivity index (χ0v) is 8.73. The summed E-state index contributed by atoms with van der Waals surface area (Å²) in [5.41, 5.74) is 6.43. The number of anilines is 1. The number of methoxy groups -OCH3 is 1. The lowest BCUT2D eigenvalue weighted by Gasteiger charge is -2.15. The van der Waals surface area contributed by atoms with E-state index in [0.29, 0.717) is 23.8 Å². The van der Waals surface area contributed by atoms with Crippen molar-refractivity contribution in [2.75, 3.05) is 26.1 Å². The van der Waals surface area contributed by atoms with Gasteiger partial charge in [0.05, 0.1) is 20.3 Å². The Morgan fingerprint density at radius 1 is 1.40 bits per heavy atom. The lowest BCUT2D eigenvalue weighted by atomic mass is 10.2. The zero-order chi connectivity index (χ0) is 10.7. The van der Waals surface area contributed by atoms with Gasteiger partial charge < -0.3 is 19.9 Å². The Kier molecular flexibility index (Phi) is 2.97. The molecular weight excluding hydrogens is 194 g/mol. The van der Waals surface area contributed by atoms with Crippen LogP contribution >= 0.6 is 0 Å². The molecule has 2 N–H and O–H groups in total. The largest absolute Gasteiger partial charge is 0.494 e. The highest BCUT2D eigenvalue weighted by Crippen LogP contribution is 2.32. The van der Waals surface area contributed by atoms with E-state index in [4.69, 9.17) is 19.9 Å². The number of ether oxygens (including phenoxy) is 3. The van der Waals surface area contributed by atoms with Crippen LogP contribution in [-0.4, -0.2) is 26.4 Å². The number of para-hydroxylation sites is 1. The maximum Gasteiger partial charge on any atom is 0.146 e. The van der Waals surface area contributed by atoms with Crippen LogP contribution in [0, 0.1) is 0 Å². The van der Waals surface area contributed by atoms with Crippen LogP contribution in [0.15, 0.2) is 18.2 Å². The van der Waals surface area contributed by atoms with Crippen LogP contribution in [0.4, 0.5) is 5.69 Å². The van der Waals surface area contributed by atoms with Gasteiger partial charge in [-0.15, -0.1) is 0 Å². The lowest BCUT2D eigenvalue weighted by Crippen LogP contribution is -2.16. The zero-order valence-electron chi connectivity index (χ0n) is 8.73. The van der Waals surface area contributed by atoms with Gasteiger partial charge in [0.25, 0.3) is 0 Å². The summed E-state index contributed by atoms with van der Waals surface area (Å²) in [5, 5.41) is 0. The van der Waals surface area contributed by atoms with Gasteiger partial charge in [0, 0.05) is 6.42 Å². The second kappa shape index (κ2) is 4.40. The van der Waals surface area contributed by atoms with Crippen LogP contribution in [0.25, 0.3) is 0 Å². The number of hydrogen-bond acceptors (Lipinski definition) is 4. The summed E-state index contributed by atoms with van der Waals surface area (Å²) in [7, 11) is 1.59. The van der Waals surface area contributed by atoms with Crippen molar-refractivity contribution in [3.63, 3.8) is 0 Å². The molecule has 4 nitrogen and oxygen atoms in total. The second-order valence-electron chi connectivity index (χ2n) is 3.48. The van der Waals surface area contributed by atoms with Crippen LogP contribution in [0.5, 0.6) is 11.5 Å². The Bertz CT molecular complexity index is 335. The minimum Gasteiger partial charge on any atom is -0.494 e. The van der Waals surface area contributed by atoms with E-state index in [1.807, 2.05) is 18.2 Å². The summed E-state index contributed by atoms with van der Waals surface area (Å²) in [6.07, 6.45) is 1.02. The smallest absolute Gasteiger partial charge is 0.146 e. The first-order valence-electron chi connectivity index (χ1n) is 4.98. The van der Waals surface area contributed by atoms with Crippen molar-refractivity contribution >= 4 is 5.69 Å². The highest BCUT2D eigenvalue weighted by atomic mass is 16.5. The van der Waals surface area contributed by atoms with Gasteiger partial charge in [0.2, 0.25) is 0 Å². The third kappa shape index (κ3) is 2.15. The van der Waals surface area contributed by atoms with Crippen LogP contribution in [0.1, 0.15) is 6.42 Å². The molecule has 0 bridgehead atoms. The summed E-state index contributed by atoms with van der Waals surface area (Å²) < 4.78 is 16.1. The molecule has 0 spiro atoms. The predicted molar refractivity (Wildman–Crippen MR) is 57.3 cm³/mol. The molecule has 1 aromatic rings. The Morgan fingerprint density at radius 3 is 2.87 bits per heavy atom. The molecule has 4 heteroatoms. The highest BCUT2D eigenvalue weighted by Gasteiger charge is 2.18. The normalized spacial score (nSPS) is 20.2. The maximum atomic E-state index is 5.88. The summed E-state index contributed by atoms with van der Waals surface area (Å²) >= 11 is 0. The van der Waals surface area contributed by atoms with Crippen LogP contribution < -0.4 is 15.2 Å². The average molecular weight is 209 g/mol. The van der Waals surface area contributed by atoms with E-state index >= 15 is 0 Å². The molecule has 1 unspecified atom stereocenters. The fraction of sp³-hybridized carbons (Fsp3) is 0.455. The summed E-state index contributed by atoms with van der Waals surface area (Å²) in [5.74, 6) is 1.32. The maximum absolute atomic E-state index is 5.88. The van der Waals surface area contributed by atoms with Crippen molar-refractivity contribution in [1.29, 1.82) is 0 Å². The minimum atomic E-state index is 0.111. The Labute approximate surface area is 88.9 Å². The molecular formula is C11H15NO3. The number of rotatable bonds is 3. The summed E-state index contributed by atoms with van der Waals surface area (Å²) in [4.78, 5) is 0. The van der Waals surface area contributed by atoms with Crippen molar-refractivity contribution in [2.45, 2.75) is 12.5 Å². The number of nitrogen functional groups attached to an aromatic ring is 1. The molecule has 0 aliphatic carbocycles. The standard InChI is InChI=1S/C11H15NO3/c1-13-9-3-2-4-10(11(9)12)15-8-5-6-14-7-8/h2-4,8H,5-7,12H2,1H3. The van der Waals surface area contributed by atoms with Gasteiger partial charge in [-0.3, -0.25) is 0 Å². The molecule has 15 heavy (non-hydrogen) atoms. The molecule has 1 fully saturated rings. The van der Waals surface area contributed by atoms with Crippen molar-refractivity contribution in [3.05, 3.63) is 18.2 Å². The van der Waals surface area contributed by atoms with E-state index < -0.39 is 0 Å². The van der Waals surface area contributed by atoms with Gasteiger partial charge in [0.15, 0.2) is 0 Å².